The first-order valence-electron chi connectivity index (χ1n) is 16.0. The molecule has 0 unspecified atom stereocenters. The first-order valence-corrected chi connectivity index (χ1v) is 16.8. The second-order valence-electron chi connectivity index (χ2n) is 12.0. The third-order valence-corrected chi connectivity index (χ3v) is 10.2. The highest BCUT2D eigenvalue weighted by Gasteiger charge is 2.21. The van der Waals surface area contributed by atoms with Gasteiger partial charge in [0, 0.05) is 48.1 Å². The largest absolute Gasteiger partial charge is 0.456 e. The van der Waals surface area contributed by atoms with Gasteiger partial charge in [-0.3, -0.25) is 0 Å². The topological polar surface area (TPSA) is 42.4 Å². The fraction of sp³-hybridized carbons (Fsp3) is 0. The standard InChI is InChI=1S/C43H26N2O2S/c1-3-11-27(12-4-1)31-15-7-9-17-35(31)45(30-19-21-33-32-16-8-10-18-39(32)48-40(33)26-30)29-20-22-36-34(25-29)41-37(46-36)23-24-38-42(41)44-43(47-38)28-13-5-2-6-14-28/h1-26H. The second kappa shape index (κ2) is 10.7. The maximum absolute atomic E-state index is 6.41. The smallest absolute Gasteiger partial charge is 0.227 e. The molecule has 226 valence electrons. The van der Waals surface area contributed by atoms with Crippen LogP contribution in [0.2, 0.25) is 0 Å². The summed E-state index contributed by atoms with van der Waals surface area (Å²) in [7, 11) is 0. The molecule has 0 fully saturated rings. The summed E-state index contributed by atoms with van der Waals surface area (Å²) in [5, 5.41) is 4.50. The Hall–Kier alpha value is -6.17. The van der Waals surface area contributed by atoms with Crippen LogP contribution in [0.4, 0.5) is 17.1 Å². The zero-order valence-electron chi connectivity index (χ0n) is 25.6. The van der Waals surface area contributed by atoms with E-state index in [1.807, 2.05) is 53.8 Å². The molecule has 4 nitrogen and oxygen atoms in total. The highest BCUT2D eigenvalue weighted by Crippen LogP contribution is 2.45. The lowest BCUT2D eigenvalue weighted by atomic mass is 10.0. The van der Waals surface area contributed by atoms with Gasteiger partial charge < -0.3 is 13.7 Å². The predicted octanol–water partition coefficient (Wildman–Crippen LogP) is 12.9. The van der Waals surface area contributed by atoms with Crippen molar-refractivity contribution in [3.05, 3.63) is 158 Å². The maximum atomic E-state index is 6.41. The number of thiophene rings is 1. The molecule has 0 N–H and O–H groups in total. The lowest BCUT2D eigenvalue weighted by molar-refractivity contribution is 0.619. The normalized spacial score (nSPS) is 11.8. The first kappa shape index (κ1) is 27.0. The molecule has 0 spiro atoms. The average Bonchev–Trinajstić information content (AvgIpc) is 3.85. The molecule has 0 atom stereocenters. The van der Waals surface area contributed by atoms with Crippen LogP contribution in [0.5, 0.6) is 0 Å². The van der Waals surface area contributed by atoms with Gasteiger partial charge in [0.15, 0.2) is 5.58 Å². The van der Waals surface area contributed by atoms with Crippen molar-refractivity contribution >= 4 is 81.6 Å². The van der Waals surface area contributed by atoms with Crippen molar-refractivity contribution in [3.8, 4) is 22.6 Å². The van der Waals surface area contributed by atoms with E-state index in [9.17, 15) is 0 Å². The van der Waals surface area contributed by atoms with E-state index in [-0.39, 0.29) is 0 Å². The van der Waals surface area contributed by atoms with Gasteiger partial charge in [-0.1, -0.05) is 91.0 Å². The quantitative estimate of drug-likeness (QED) is 0.189. The van der Waals surface area contributed by atoms with E-state index < -0.39 is 0 Å². The van der Waals surface area contributed by atoms with Crippen LogP contribution in [0.3, 0.4) is 0 Å². The molecule has 7 aromatic carbocycles. The third kappa shape index (κ3) is 4.25. The number of hydrogen-bond donors (Lipinski definition) is 0. The van der Waals surface area contributed by atoms with Crippen molar-refractivity contribution in [2.24, 2.45) is 0 Å². The zero-order chi connectivity index (χ0) is 31.6. The highest BCUT2D eigenvalue weighted by molar-refractivity contribution is 7.25. The summed E-state index contributed by atoms with van der Waals surface area (Å²) >= 11 is 1.83. The van der Waals surface area contributed by atoms with Gasteiger partial charge in [-0.2, -0.15) is 0 Å². The summed E-state index contributed by atoms with van der Waals surface area (Å²) in [5.41, 5.74) is 9.57. The van der Waals surface area contributed by atoms with Gasteiger partial charge >= 0.3 is 0 Å². The Balaban J connectivity index is 1.22. The summed E-state index contributed by atoms with van der Waals surface area (Å²) < 4.78 is 15.2. The van der Waals surface area contributed by atoms with E-state index in [0.29, 0.717) is 5.89 Å². The number of furan rings is 1. The number of aromatic nitrogens is 1. The molecule has 0 aliphatic rings. The van der Waals surface area contributed by atoms with Gasteiger partial charge in [0.05, 0.1) is 11.1 Å². The zero-order valence-corrected chi connectivity index (χ0v) is 26.4. The van der Waals surface area contributed by atoms with E-state index in [4.69, 9.17) is 13.8 Å². The molecule has 3 heterocycles. The van der Waals surface area contributed by atoms with Crippen LogP contribution < -0.4 is 4.90 Å². The minimum absolute atomic E-state index is 0.596. The Morgan fingerprint density at radius 3 is 2.02 bits per heavy atom. The summed E-state index contributed by atoms with van der Waals surface area (Å²) in [6.45, 7) is 0. The van der Waals surface area contributed by atoms with Crippen LogP contribution in [0.25, 0.3) is 75.8 Å². The monoisotopic (exact) mass is 634 g/mol. The number of nitrogens with zero attached hydrogens (tertiary/aromatic N) is 2. The molecule has 0 saturated carbocycles. The first-order chi connectivity index (χ1) is 23.8. The van der Waals surface area contributed by atoms with Crippen molar-refractivity contribution in [2.45, 2.75) is 0 Å². The van der Waals surface area contributed by atoms with Crippen LogP contribution in [0.15, 0.2) is 167 Å². The molecule has 0 bridgehead atoms. The molecule has 0 aliphatic carbocycles. The fourth-order valence-electron chi connectivity index (χ4n) is 6.90. The molecule has 5 heteroatoms. The van der Waals surface area contributed by atoms with Crippen molar-refractivity contribution in [1.82, 2.24) is 4.98 Å². The Bertz CT molecular complexity index is 2790. The molecule has 0 saturated heterocycles. The Morgan fingerprint density at radius 1 is 0.479 bits per heavy atom. The highest BCUT2D eigenvalue weighted by atomic mass is 32.1. The Labute approximate surface area is 279 Å². The summed E-state index contributed by atoms with van der Waals surface area (Å²) in [6.07, 6.45) is 0. The molecule has 3 aromatic heterocycles. The van der Waals surface area contributed by atoms with Gasteiger partial charge in [-0.05, 0) is 72.3 Å². The lowest BCUT2D eigenvalue weighted by Gasteiger charge is -2.28. The van der Waals surface area contributed by atoms with Crippen molar-refractivity contribution < 1.29 is 8.83 Å². The average molecular weight is 635 g/mol. The van der Waals surface area contributed by atoms with E-state index in [1.54, 1.807) is 0 Å². The Morgan fingerprint density at radius 2 is 1.15 bits per heavy atom. The summed E-state index contributed by atoms with van der Waals surface area (Å²) in [4.78, 5) is 7.36. The van der Waals surface area contributed by atoms with Gasteiger partial charge in [0.25, 0.3) is 0 Å². The Kier molecular flexibility index (Phi) is 6.01. The van der Waals surface area contributed by atoms with Gasteiger partial charge in [0.1, 0.15) is 16.7 Å². The van der Waals surface area contributed by atoms with Gasteiger partial charge in [-0.15, -0.1) is 11.3 Å². The minimum Gasteiger partial charge on any atom is -0.456 e. The van der Waals surface area contributed by atoms with Crippen molar-refractivity contribution in [1.29, 1.82) is 0 Å². The van der Waals surface area contributed by atoms with Gasteiger partial charge in [0.2, 0.25) is 5.89 Å². The van der Waals surface area contributed by atoms with Crippen molar-refractivity contribution in [2.75, 3.05) is 4.90 Å². The SMILES string of the molecule is c1ccc(-c2nc3c(ccc4oc5ccc(N(c6ccc7c(c6)sc6ccccc67)c6ccccc6-c6ccccc6)cc5c43)o2)cc1. The number of anilines is 3. The molecular formula is C43H26N2O2S. The van der Waals surface area contributed by atoms with Crippen molar-refractivity contribution in [3.63, 3.8) is 0 Å². The molecule has 0 amide bonds. The molecule has 48 heavy (non-hydrogen) atoms. The van der Waals surface area contributed by atoms with E-state index in [2.05, 4.69) is 120 Å². The fourth-order valence-corrected chi connectivity index (χ4v) is 8.04. The lowest BCUT2D eigenvalue weighted by Crippen LogP contribution is -2.11. The third-order valence-electron chi connectivity index (χ3n) is 9.10. The number of fused-ring (bicyclic) bond motifs is 8. The maximum Gasteiger partial charge on any atom is 0.227 e. The molecule has 10 rings (SSSR count). The molecule has 10 aromatic rings. The number of benzene rings is 7. The van der Waals surface area contributed by atoms with E-state index in [1.165, 1.54) is 20.2 Å². The van der Waals surface area contributed by atoms with E-state index in [0.717, 1.165) is 66.8 Å². The van der Waals surface area contributed by atoms with Gasteiger partial charge in [-0.25, -0.2) is 4.98 Å². The minimum atomic E-state index is 0.596. The summed E-state index contributed by atoms with van der Waals surface area (Å²) in [6, 6.07) is 55.1. The number of hydrogen-bond acceptors (Lipinski definition) is 5. The molecule has 0 radical (unpaired) electrons. The molecular weight excluding hydrogens is 609 g/mol. The van der Waals surface area contributed by atoms with Crippen LogP contribution in [-0.2, 0) is 0 Å². The van der Waals surface area contributed by atoms with Crippen LogP contribution in [0.1, 0.15) is 0 Å². The van der Waals surface area contributed by atoms with E-state index >= 15 is 0 Å². The number of oxazole rings is 1. The van der Waals surface area contributed by atoms with Crippen LogP contribution in [0, 0.1) is 0 Å². The number of para-hydroxylation sites is 1. The molecule has 0 aliphatic heterocycles. The van der Waals surface area contributed by atoms with Crippen LogP contribution >= 0.6 is 11.3 Å². The number of rotatable bonds is 5. The second-order valence-corrected chi connectivity index (χ2v) is 13.0. The van der Waals surface area contributed by atoms with Crippen LogP contribution in [-0.4, -0.2) is 4.98 Å². The predicted molar refractivity (Wildman–Crippen MR) is 200 cm³/mol. The summed E-state index contributed by atoms with van der Waals surface area (Å²) in [5.74, 6) is 0.596.